The first-order valence-corrected chi connectivity index (χ1v) is 14.4. The van der Waals surface area contributed by atoms with Crippen molar-refractivity contribution in [2.45, 2.75) is 37.3 Å². The standard InChI is InChI=1S/C30H31Cl2N5O3/c31-21-14-22(32)16-23(15-21)37-11-7-25-27(37)34-19-36(29(25)39)18-30(40)8-12-35(13-9-30)28(38)24-6-10-33-17-26(24)20-4-2-1-3-5-20/h1-5,7,11,14-16,19,24,26,33,40H,6,8-10,12-13,17-18H2/t24-,26+/m1/s1. The minimum Gasteiger partial charge on any atom is -0.388 e. The van der Waals surface area contributed by atoms with E-state index in [1.165, 1.54) is 16.5 Å². The van der Waals surface area contributed by atoms with Crippen LogP contribution in [0.15, 0.2) is 71.9 Å². The lowest BCUT2D eigenvalue weighted by molar-refractivity contribution is -0.141. The van der Waals surface area contributed by atoms with E-state index in [1.807, 2.05) is 23.1 Å². The van der Waals surface area contributed by atoms with E-state index in [9.17, 15) is 14.7 Å². The van der Waals surface area contributed by atoms with Crippen molar-refractivity contribution in [3.63, 3.8) is 0 Å². The van der Waals surface area contributed by atoms with E-state index in [0.29, 0.717) is 52.7 Å². The van der Waals surface area contributed by atoms with Gasteiger partial charge in [-0.15, -0.1) is 0 Å². The minimum absolute atomic E-state index is 0.0810. The van der Waals surface area contributed by atoms with Gasteiger partial charge < -0.3 is 19.9 Å². The Bertz CT molecular complexity index is 1570. The van der Waals surface area contributed by atoms with Crippen molar-refractivity contribution in [3.8, 4) is 5.69 Å². The van der Waals surface area contributed by atoms with E-state index >= 15 is 0 Å². The molecule has 1 amide bonds. The Hall–Kier alpha value is -3.17. The van der Waals surface area contributed by atoms with Crippen LogP contribution in [0.5, 0.6) is 0 Å². The van der Waals surface area contributed by atoms with Crippen LogP contribution < -0.4 is 10.9 Å². The Balaban J connectivity index is 1.16. The molecule has 208 valence electrons. The van der Waals surface area contributed by atoms with Crippen molar-refractivity contribution >= 4 is 40.1 Å². The molecule has 0 aliphatic carbocycles. The number of carbonyl (C=O) groups excluding carboxylic acids is 1. The summed E-state index contributed by atoms with van der Waals surface area (Å²) in [6, 6.07) is 17.1. The fraction of sp³-hybridized carbons (Fsp3) is 0.367. The van der Waals surface area contributed by atoms with Crippen LogP contribution in [-0.2, 0) is 11.3 Å². The Labute approximate surface area is 242 Å². The molecule has 40 heavy (non-hydrogen) atoms. The van der Waals surface area contributed by atoms with Gasteiger partial charge in [0.2, 0.25) is 5.91 Å². The molecule has 0 radical (unpaired) electrons. The van der Waals surface area contributed by atoms with Crippen LogP contribution in [0.2, 0.25) is 10.0 Å². The fourth-order valence-corrected chi connectivity index (χ4v) is 6.63. The summed E-state index contributed by atoms with van der Waals surface area (Å²) in [6.07, 6.45) is 4.82. The van der Waals surface area contributed by atoms with Gasteiger partial charge >= 0.3 is 0 Å². The zero-order chi connectivity index (χ0) is 27.9. The van der Waals surface area contributed by atoms with E-state index in [-0.39, 0.29) is 29.8 Å². The SMILES string of the molecule is O=C([C@@H]1CCNC[C@H]1c1ccccc1)N1CCC(O)(Cn2cnc3c(ccn3-c3cc(Cl)cc(Cl)c3)c2=O)CC1. The third kappa shape index (κ3) is 5.29. The summed E-state index contributed by atoms with van der Waals surface area (Å²) in [5, 5.41) is 16.3. The highest BCUT2D eigenvalue weighted by molar-refractivity contribution is 6.34. The second-order valence-corrected chi connectivity index (χ2v) is 11.8. The van der Waals surface area contributed by atoms with Crippen molar-refractivity contribution in [2.75, 3.05) is 26.2 Å². The molecule has 2 aliphatic heterocycles. The molecule has 2 atom stereocenters. The van der Waals surface area contributed by atoms with E-state index in [2.05, 4.69) is 22.4 Å². The zero-order valence-electron chi connectivity index (χ0n) is 22.0. The smallest absolute Gasteiger partial charge is 0.262 e. The summed E-state index contributed by atoms with van der Waals surface area (Å²) in [7, 11) is 0. The molecular formula is C30H31Cl2N5O3. The molecule has 2 aromatic heterocycles. The van der Waals surface area contributed by atoms with Crippen LogP contribution in [-0.4, -0.2) is 61.8 Å². The molecule has 2 aliphatic rings. The number of likely N-dealkylation sites (tertiary alicyclic amines) is 1. The molecule has 10 heteroatoms. The molecule has 0 bridgehead atoms. The molecule has 4 heterocycles. The monoisotopic (exact) mass is 579 g/mol. The number of piperidine rings is 2. The number of fused-ring (bicyclic) bond motifs is 1. The number of rotatable bonds is 5. The number of hydrogen-bond acceptors (Lipinski definition) is 5. The Kier molecular flexibility index (Phi) is 7.44. The third-order valence-corrected chi connectivity index (χ3v) is 8.73. The van der Waals surface area contributed by atoms with Gasteiger partial charge in [0, 0.05) is 53.4 Å². The maximum absolute atomic E-state index is 13.6. The van der Waals surface area contributed by atoms with Gasteiger partial charge in [0.15, 0.2) is 5.65 Å². The first-order chi connectivity index (χ1) is 19.3. The van der Waals surface area contributed by atoms with Crippen molar-refractivity contribution in [2.24, 2.45) is 5.92 Å². The predicted octanol–water partition coefficient (Wildman–Crippen LogP) is 4.24. The van der Waals surface area contributed by atoms with Gasteiger partial charge in [-0.1, -0.05) is 53.5 Å². The second-order valence-electron chi connectivity index (χ2n) is 10.9. The van der Waals surface area contributed by atoms with Gasteiger partial charge in [0.05, 0.1) is 17.5 Å². The number of aromatic nitrogens is 3. The molecule has 0 unspecified atom stereocenters. The van der Waals surface area contributed by atoms with E-state index in [4.69, 9.17) is 23.2 Å². The van der Waals surface area contributed by atoms with E-state index in [1.54, 1.807) is 35.0 Å². The molecule has 6 rings (SSSR count). The highest BCUT2D eigenvalue weighted by atomic mass is 35.5. The van der Waals surface area contributed by atoms with E-state index in [0.717, 1.165) is 19.5 Å². The van der Waals surface area contributed by atoms with Gasteiger partial charge in [0.25, 0.3) is 5.56 Å². The number of aliphatic hydroxyl groups is 1. The maximum Gasteiger partial charge on any atom is 0.262 e. The molecule has 2 N–H and O–H groups in total. The number of nitrogens with one attached hydrogen (secondary N) is 1. The molecular weight excluding hydrogens is 549 g/mol. The number of hydrogen-bond donors (Lipinski definition) is 2. The predicted molar refractivity (Wildman–Crippen MR) is 156 cm³/mol. The average molecular weight is 581 g/mol. The number of amides is 1. The summed E-state index contributed by atoms with van der Waals surface area (Å²) in [6.45, 7) is 2.63. The third-order valence-electron chi connectivity index (χ3n) is 8.29. The van der Waals surface area contributed by atoms with Gasteiger partial charge in [-0.05, 0) is 55.6 Å². The van der Waals surface area contributed by atoms with Crippen molar-refractivity contribution in [1.82, 2.24) is 24.3 Å². The van der Waals surface area contributed by atoms with Crippen LogP contribution in [0.25, 0.3) is 16.7 Å². The van der Waals surface area contributed by atoms with Crippen LogP contribution >= 0.6 is 23.2 Å². The highest BCUT2D eigenvalue weighted by Crippen LogP contribution is 2.33. The van der Waals surface area contributed by atoms with Crippen LogP contribution in [0, 0.1) is 5.92 Å². The van der Waals surface area contributed by atoms with Crippen LogP contribution in [0.3, 0.4) is 0 Å². The second kappa shape index (κ2) is 11.0. The van der Waals surface area contributed by atoms with Gasteiger partial charge in [-0.25, -0.2) is 4.98 Å². The number of benzene rings is 2. The van der Waals surface area contributed by atoms with Gasteiger partial charge in [-0.3, -0.25) is 14.2 Å². The molecule has 0 saturated carbocycles. The fourth-order valence-electron chi connectivity index (χ4n) is 6.11. The first kappa shape index (κ1) is 27.0. The van der Waals surface area contributed by atoms with E-state index < -0.39 is 5.60 Å². The summed E-state index contributed by atoms with van der Waals surface area (Å²) in [5.41, 5.74) is 1.03. The lowest BCUT2D eigenvalue weighted by Gasteiger charge is -2.41. The van der Waals surface area contributed by atoms with Crippen molar-refractivity contribution in [1.29, 1.82) is 0 Å². The topological polar surface area (TPSA) is 92.4 Å². The number of nitrogens with zero attached hydrogens (tertiary/aromatic N) is 4. The molecule has 0 spiro atoms. The lowest BCUT2D eigenvalue weighted by Crippen LogP contribution is -2.52. The van der Waals surface area contributed by atoms with Gasteiger partial charge in [-0.2, -0.15) is 0 Å². The van der Waals surface area contributed by atoms with Crippen LogP contribution in [0.1, 0.15) is 30.7 Å². The number of carbonyl (C=O) groups is 1. The molecule has 2 saturated heterocycles. The minimum atomic E-state index is -1.11. The van der Waals surface area contributed by atoms with Crippen molar-refractivity contribution < 1.29 is 9.90 Å². The summed E-state index contributed by atoms with van der Waals surface area (Å²) >= 11 is 12.3. The van der Waals surface area contributed by atoms with Gasteiger partial charge in [0.1, 0.15) is 6.33 Å². The largest absolute Gasteiger partial charge is 0.388 e. The Morgan fingerprint density at radius 2 is 1.80 bits per heavy atom. The summed E-state index contributed by atoms with van der Waals surface area (Å²) < 4.78 is 3.23. The molecule has 4 aromatic rings. The maximum atomic E-state index is 13.6. The Morgan fingerprint density at radius 3 is 2.52 bits per heavy atom. The molecule has 8 nitrogen and oxygen atoms in total. The number of halogens is 2. The molecule has 2 aromatic carbocycles. The lowest BCUT2D eigenvalue weighted by atomic mass is 9.80. The van der Waals surface area contributed by atoms with Crippen LogP contribution in [0.4, 0.5) is 0 Å². The summed E-state index contributed by atoms with van der Waals surface area (Å²) in [4.78, 5) is 33.4. The highest BCUT2D eigenvalue weighted by Gasteiger charge is 2.39. The van der Waals surface area contributed by atoms with Crippen molar-refractivity contribution in [3.05, 3.63) is 93.1 Å². The Morgan fingerprint density at radius 1 is 1.07 bits per heavy atom. The zero-order valence-corrected chi connectivity index (χ0v) is 23.5. The average Bonchev–Trinajstić information content (AvgIpc) is 3.40. The normalized spacial score (nSPS) is 21.0. The first-order valence-electron chi connectivity index (χ1n) is 13.6. The quantitative estimate of drug-likeness (QED) is 0.369. The summed E-state index contributed by atoms with van der Waals surface area (Å²) in [5.74, 6) is 0.206. The molecule has 2 fully saturated rings.